The summed E-state index contributed by atoms with van der Waals surface area (Å²) in [5.41, 5.74) is 1.34. The normalized spacial score (nSPS) is 16.5. The van der Waals surface area contributed by atoms with Crippen LogP contribution in [0.4, 0.5) is 0 Å². The average Bonchev–Trinajstić information content (AvgIpc) is 2.85. The molecular formula is C17H22N2OS3. The first-order chi connectivity index (χ1) is 11.0. The maximum atomic E-state index is 13.1. The fourth-order valence-electron chi connectivity index (χ4n) is 2.80. The SMILES string of the molecule is C=CCn1c(SCCC)nc2sc3c(c2c1=O)CC(C)(C)SC3. The summed E-state index contributed by atoms with van der Waals surface area (Å²) in [7, 11) is 0. The van der Waals surface area contributed by atoms with E-state index in [0.29, 0.717) is 6.54 Å². The third kappa shape index (κ3) is 3.26. The van der Waals surface area contributed by atoms with Crippen LogP contribution in [0.1, 0.15) is 37.6 Å². The predicted octanol–water partition coefficient (Wildman–Crippen LogP) is 4.71. The maximum Gasteiger partial charge on any atom is 0.263 e. The van der Waals surface area contributed by atoms with Crippen molar-refractivity contribution in [3.05, 3.63) is 33.4 Å². The minimum Gasteiger partial charge on any atom is -0.283 e. The van der Waals surface area contributed by atoms with E-state index in [1.807, 2.05) is 11.8 Å². The molecule has 124 valence electrons. The van der Waals surface area contributed by atoms with Crippen molar-refractivity contribution in [2.45, 2.75) is 55.8 Å². The van der Waals surface area contributed by atoms with Crippen molar-refractivity contribution in [3.63, 3.8) is 0 Å². The number of nitrogens with zero attached hydrogens (tertiary/aromatic N) is 2. The Kier molecular flexibility index (Phi) is 4.95. The van der Waals surface area contributed by atoms with E-state index in [0.717, 1.165) is 39.7 Å². The van der Waals surface area contributed by atoms with Gasteiger partial charge in [0, 0.05) is 27.7 Å². The zero-order chi connectivity index (χ0) is 16.6. The quantitative estimate of drug-likeness (QED) is 0.436. The molecule has 2 aromatic rings. The molecule has 0 saturated carbocycles. The molecule has 2 aromatic heterocycles. The highest BCUT2D eigenvalue weighted by Crippen LogP contribution is 2.43. The van der Waals surface area contributed by atoms with Gasteiger partial charge in [-0.15, -0.1) is 29.7 Å². The minimum atomic E-state index is 0.105. The van der Waals surface area contributed by atoms with Crippen LogP contribution in [0.15, 0.2) is 22.6 Å². The summed E-state index contributed by atoms with van der Waals surface area (Å²) in [6.45, 7) is 11.0. The first kappa shape index (κ1) is 17.1. The van der Waals surface area contributed by atoms with Gasteiger partial charge in [-0.3, -0.25) is 9.36 Å². The number of rotatable bonds is 5. The zero-order valence-corrected chi connectivity index (χ0v) is 16.3. The van der Waals surface area contributed by atoms with Crippen LogP contribution in [-0.4, -0.2) is 20.1 Å². The lowest BCUT2D eigenvalue weighted by Gasteiger charge is -2.28. The van der Waals surface area contributed by atoms with Crippen molar-refractivity contribution < 1.29 is 0 Å². The van der Waals surface area contributed by atoms with E-state index in [4.69, 9.17) is 4.98 Å². The fourth-order valence-corrected chi connectivity index (χ4v) is 6.05. The molecular weight excluding hydrogens is 344 g/mol. The van der Waals surface area contributed by atoms with Gasteiger partial charge in [-0.1, -0.05) is 38.6 Å². The van der Waals surface area contributed by atoms with Gasteiger partial charge in [-0.05, 0) is 18.4 Å². The van der Waals surface area contributed by atoms with E-state index in [9.17, 15) is 4.79 Å². The molecule has 0 atom stereocenters. The third-order valence-electron chi connectivity index (χ3n) is 3.90. The Bertz CT molecular complexity index is 804. The Morgan fingerprint density at radius 3 is 2.96 bits per heavy atom. The molecule has 0 spiro atoms. The van der Waals surface area contributed by atoms with Gasteiger partial charge in [0.15, 0.2) is 5.16 Å². The summed E-state index contributed by atoms with van der Waals surface area (Å²) in [4.78, 5) is 20.2. The molecule has 1 aliphatic rings. The van der Waals surface area contributed by atoms with Crippen LogP contribution in [0, 0.1) is 0 Å². The molecule has 0 saturated heterocycles. The van der Waals surface area contributed by atoms with E-state index < -0.39 is 0 Å². The molecule has 6 heteroatoms. The Morgan fingerprint density at radius 2 is 2.26 bits per heavy atom. The first-order valence-corrected chi connectivity index (χ1v) is 10.7. The van der Waals surface area contributed by atoms with Crippen molar-refractivity contribution in [1.29, 1.82) is 0 Å². The molecule has 0 bridgehead atoms. The summed E-state index contributed by atoms with van der Waals surface area (Å²) in [5.74, 6) is 1.96. The van der Waals surface area contributed by atoms with Gasteiger partial charge in [0.05, 0.1) is 5.39 Å². The second-order valence-corrected chi connectivity index (χ2v) is 10.2. The van der Waals surface area contributed by atoms with Gasteiger partial charge >= 0.3 is 0 Å². The van der Waals surface area contributed by atoms with E-state index >= 15 is 0 Å². The summed E-state index contributed by atoms with van der Waals surface area (Å²) in [6.07, 6.45) is 3.79. The second-order valence-electron chi connectivity index (χ2n) is 6.36. The van der Waals surface area contributed by atoms with Crippen LogP contribution in [0.5, 0.6) is 0 Å². The van der Waals surface area contributed by atoms with E-state index in [2.05, 4.69) is 27.4 Å². The third-order valence-corrected chi connectivity index (χ3v) is 7.75. The van der Waals surface area contributed by atoms with Gasteiger partial charge < -0.3 is 0 Å². The van der Waals surface area contributed by atoms with Gasteiger partial charge in [0.25, 0.3) is 5.56 Å². The van der Waals surface area contributed by atoms with Crippen LogP contribution in [0.3, 0.4) is 0 Å². The molecule has 0 fully saturated rings. The predicted molar refractivity (Wildman–Crippen MR) is 104 cm³/mol. The average molecular weight is 367 g/mol. The highest BCUT2D eigenvalue weighted by molar-refractivity contribution is 8.00. The lowest BCUT2D eigenvalue weighted by molar-refractivity contribution is 0.667. The molecule has 3 rings (SSSR count). The highest BCUT2D eigenvalue weighted by atomic mass is 32.2. The monoisotopic (exact) mass is 366 g/mol. The maximum absolute atomic E-state index is 13.1. The molecule has 3 nitrogen and oxygen atoms in total. The van der Waals surface area contributed by atoms with Crippen LogP contribution < -0.4 is 5.56 Å². The Morgan fingerprint density at radius 1 is 1.48 bits per heavy atom. The lowest BCUT2D eigenvalue weighted by atomic mass is 10.00. The molecule has 0 aromatic carbocycles. The molecule has 3 heterocycles. The van der Waals surface area contributed by atoms with Crippen LogP contribution >= 0.6 is 34.9 Å². The Balaban J connectivity index is 2.21. The standard InChI is InChI=1S/C17H22N2OS3/c1-5-7-19-15(20)13-11-9-17(3,4)22-10-12(11)23-14(13)18-16(19)21-8-6-2/h5H,1,6-10H2,2-4H3. The van der Waals surface area contributed by atoms with Crippen molar-refractivity contribution in [2.75, 3.05) is 5.75 Å². The number of hydrogen-bond donors (Lipinski definition) is 0. The van der Waals surface area contributed by atoms with E-state index in [1.54, 1.807) is 33.7 Å². The molecule has 0 radical (unpaired) electrons. The number of allylic oxidation sites excluding steroid dienone is 1. The topological polar surface area (TPSA) is 34.9 Å². The van der Waals surface area contributed by atoms with Crippen LogP contribution in [0.25, 0.3) is 10.2 Å². The molecule has 0 N–H and O–H groups in total. The fraction of sp³-hybridized carbons (Fsp3) is 0.529. The molecule has 0 amide bonds. The van der Waals surface area contributed by atoms with Crippen molar-refractivity contribution in [1.82, 2.24) is 9.55 Å². The van der Waals surface area contributed by atoms with Crippen LogP contribution in [0.2, 0.25) is 0 Å². The summed E-state index contributed by atoms with van der Waals surface area (Å²) in [6, 6.07) is 0. The van der Waals surface area contributed by atoms with Gasteiger partial charge in [0.1, 0.15) is 4.83 Å². The number of thiophene rings is 1. The largest absolute Gasteiger partial charge is 0.283 e. The number of aromatic nitrogens is 2. The number of thioether (sulfide) groups is 2. The second kappa shape index (κ2) is 6.65. The Labute approximate surface area is 149 Å². The molecule has 23 heavy (non-hydrogen) atoms. The number of hydrogen-bond acceptors (Lipinski definition) is 5. The Hall–Kier alpha value is -0.720. The van der Waals surface area contributed by atoms with Gasteiger partial charge in [0.2, 0.25) is 0 Å². The molecule has 0 unspecified atom stereocenters. The highest BCUT2D eigenvalue weighted by Gasteiger charge is 2.31. The first-order valence-electron chi connectivity index (χ1n) is 7.89. The van der Waals surface area contributed by atoms with Gasteiger partial charge in [-0.2, -0.15) is 0 Å². The summed E-state index contributed by atoms with van der Waals surface area (Å²) >= 11 is 5.34. The smallest absolute Gasteiger partial charge is 0.263 e. The zero-order valence-electron chi connectivity index (χ0n) is 13.8. The summed E-state index contributed by atoms with van der Waals surface area (Å²) < 4.78 is 1.98. The summed E-state index contributed by atoms with van der Waals surface area (Å²) in [5, 5.41) is 1.68. The minimum absolute atomic E-state index is 0.105. The molecule has 1 aliphatic heterocycles. The van der Waals surface area contributed by atoms with Crippen molar-refractivity contribution in [2.24, 2.45) is 0 Å². The van der Waals surface area contributed by atoms with E-state index in [-0.39, 0.29) is 10.3 Å². The van der Waals surface area contributed by atoms with Gasteiger partial charge in [-0.25, -0.2) is 4.98 Å². The van der Waals surface area contributed by atoms with E-state index in [1.165, 1.54) is 10.4 Å². The van der Waals surface area contributed by atoms with Crippen molar-refractivity contribution >= 4 is 45.1 Å². The van der Waals surface area contributed by atoms with Crippen LogP contribution in [-0.2, 0) is 18.7 Å². The van der Waals surface area contributed by atoms with Crippen molar-refractivity contribution in [3.8, 4) is 0 Å². The molecule has 0 aliphatic carbocycles. The lowest BCUT2D eigenvalue weighted by Crippen LogP contribution is -2.26. The number of fused-ring (bicyclic) bond motifs is 3.